The molecule has 1 aliphatic heterocycles. The maximum absolute atomic E-state index is 15.3. The molecule has 0 aliphatic carbocycles. The highest BCUT2D eigenvalue weighted by Gasteiger charge is 2.22. The van der Waals surface area contributed by atoms with Crippen LogP contribution in [0.2, 0.25) is 0 Å². The van der Waals surface area contributed by atoms with Crippen LogP contribution in [0.15, 0.2) is 42.9 Å². The quantitative estimate of drug-likeness (QED) is 0.513. The third-order valence-corrected chi connectivity index (χ3v) is 5.61. The molecule has 1 fully saturated rings. The second-order valence-corrected chi connectivity index (χ2v) is 8.37. The number of aromatic nitrogens is 3. The Bertz CT molecular complexity index is 1270. The Kier molecular flexibility index (Phi) is 4.74. The highest BCUT2D eigenvalue weighted by molar-refractivity contribution is 5.95. The molecule has 1 aromatic carbocycles. The molecule has 8 heteroatoms. The second-order valence-electron chi connectivity index (χ2n) is 8.37. The van der Waals surface area contributed by atoms with Gasteiger partial charge in [0, 0.05) is 55.5 Å². The largest absolute Gasteiger partial charge is 0.368 e. The van der Waals surface area contributed by atoms with Crippen molar-refractivity contribution in [1.82, 2.24) is 19.7 Å². The van der Waals surface area contributed by atoms with Crippen LogP contribution in [0.5, 0.6) is 0 Å². The lowest BCUT2D eigenvalue weighted by Gasteiger charge is -2.37. The molecule has 4 aromatic rings. The molecule has 0 saturated carbocycles. The van der Waals surface area contributed by atoms with Gasteiger partial charge in [0.25, 0.3) is 0 Å². The molecule has 0 radical (unpaired) electrons. The Morgan fingerprint density at radius 1 is 1.06 bits per heavy atom. The van der Waals surface area contributed by atoms with Crippen molar-refractivity contribution in [3.05, 3.63) is 60.2 Å². The lowest BCUT2D eigenvalue weighted by Crippen LogP contribution is -2.54. The third-order valence-electron chi connectivity index (χ3n) is 5.61. The van der Waals surface area contributed by atoms with E-state index in [0.717, 1.165) is 29.9 Å². The van der Waals surface area contributed by atoms with Gasteiger partial charge in [-0.3, -0.25) is 0 Å². The number of nitrogens with zero attached hydrogens (tertiary/aromatic N) is 4. The summed E-state index contributed by atoms with van der Waals surface area (Å²) < 4.78 is 31.3. The molecule has 2 N–H and O–H groups in total. The maximum atomic E-state index is 15.3. The molecule has 1 saturated heterocycles. The number of nitrogens with one attached hydrogen (secondary N) is 2. The monoisotopic (exact) mass is 422 g/mol. The van der Waals surface area contributed by atoms with Crippen LogP contribution in [0, 0.1) is 18.6 Å². The molecular formula is C23H24F2N6. The first-order valence-corrected chi connectivity index (χ1v) is 10.4. The molecular weight excluding hydrogens is 398 g/mol. The van der Waals surface area contributed by atoms with E-state index in [1.54, 1.807) is 42.0 Å². The fourth-order valence-corrected chi connectivity index (χ4v) is 4.45. The molecule has 5 rings (SSSR count). The molecule has 6 nitrogen and oxygen atoms in total. The molecule has 0 amide bonds. The molecule has 0 bridgehead atoms. The summed E-state index contributed by atoms with van der Waals surface area (Å²) in [6.07, 6.45) is 5.09. The summed E-state index contributed by atoms with van der Waals surface area (Å²) in [6, 6.07) is 7.34. The van der Waals surface area contributed by atoms with Crippen LogP contribution in [0.4, 0.5) is 26.0 Å². The fraction of sp³-hybridized carbons (Fsp3) is 0.304. The van der Waals surface area contributed by atoms with Gasteiger partial charge in [0.15, 0.2) is 11.5 Å². The van der Waals surface area contributed by atoms with Crippen LogP contribution in [0.1, 0.15) is 19.5 Å². The molecule has 4 heterocycles. The summed E-state index contributed by atoms with van der Waals surface area (Å²) in [4.78, 5) is 10.7. The first-order chi connectivity index (χ1) is 14.9. The summed E-state index contributed by atoms with van der Waals surface area (Å²) in [7, 11) is 0. The first kappa shape index (κ1) is 19.7. The van der Waals surface area contributed by atoms with Crippen molar-refractivity contribution < 1.29 is 8.78 Å². The van der Waals surface area contributed by atoms with E-state index in [1.165, 1.54) is 6.07 Å². The average Bonchev–Trinajstić information content (AvgIpc) is 3.08. The summed E-state index contributed by atoms with van der Waals surface area (Å²) in [5.74, 6) is -0.468. The highest BCUT2D eigenvalue weighted by atomic mass is 19.1. The SMILES string of the molecule is Cc1cn2cc(Nc3nccc4cc(N5C[C@@H](C)N[C@H](C)C5)cc(F)c34)cc(F)c2n1. The average molecular weight is 422 g/mol. The number of benzene rings is 1. The molecule has 1 aliphatic rings. The lowest BCUT2D eigenvalue weighted by atomic mass is 10.1. The minimum Gasteiger partial charge on any atom is -0.368 e. The Labute approximate surface area is 178 Å². The first-order valence-electron chi connectivity index (χ1n) is 10.4. The Morgan fingerprint density at radius 3 is 2.61 bits per heavy atom. The zero-order chi connectivity index (χ0) is 21.7. The minimum atomic E-state index is -0.456. The zero-order valence-corrected chi connectivity index (χ0v) is 17.7. The number of rotatable bonds is 3. The van der Waals surface area contributed by atoms with E-state index >= 15 is 4.39 Å². The van der Waals surface area contributed by atoms with Gasteiger partial charge in [-0.1, -0.05) is 0 Å². The van der Waals surface area contributed by atoms with E-state index in [9.17, 15) is 4.39 Å². The standard InChI is InChI=1S/C23H24F2N6/c1-13-9-30(10-14(2)27-13)18-6-16-4-5-26-22(21(16)19(24)8-18)29-17-7-20(25)23-28-15(3)11-31(23)12-17/h4-8,11-14,27H,9-10H2,1-3H3,(H,26,29)/t13-,14-/m1/s1. The number of piperazine rings is 1. The van der Waals surface area contributed by atoms with Gasteiger partial charge in [-0.2, -0.15) is 0 Å². The van der Waals surface area contributed by atoms with Crippen molar-refractivity contribution in [2.24, 2.45) is 0 Å². The third kappa shape index (κ3) is 3.67. The van der Waals surface area contributed by atoms with Crippen LogP contribution >= 0.6 is 0 Å². The fourth-order valence-electron chi connectivity index (χ4n) is 4.45. The maximum Gasteiger partial charge on any atom is 0.173 e. The summed E-state index contributed by atoms with van der Waals surface area (Å²) >= 11 is 0. The van der Waals surface area contributed by atoms with E-state index < -0.39 is 5.82 Å². The van der Waals surface area contributed by atoms with Crippen LogP contribution in [0.25, 0.3) is 16.4 Å². The van der Waals surface area contributed by atoms with Crippen molar-refractivity contribution in [2.45, 2.75) is 32.9 Å². The van der Waals surface area contributed by atoms with Crippen molar-refractivity contribution in [1.29, 1.82) is 0 Å². The number of halogens is 2. The predicted molar refractivity (Wildman–Crippen MR) is 119 cm³/mol. The number of pyridine rings is 2. The molecule has 3 aromatic heterocycles. The summed E-state index contributed by atoms with van der Waals surface area (Å²) in [6.45, 7) is 7.69. The van der Waals surface area contributed by atoms with Crippen molar-refractivity contribution in [2.75, 3.05) is 23.3 Å². The normalized spacial score (nSPS) is 19.3. The van der Waals surface area contributed by atoms with Crippen LogP contribution < -0.4 is 15.5 Å². The van der Waals surface area contributed by atoms with Crippen molar-refractivity contribution >= 4 is 33.6 Å². The number of imidazole rings is 1. The highest BCUT2D eigenvalue weighted by Crippen LogP contribution is 2.32. The van der Waals surface area contributed by atoms with E-state index in [1.807, 2.05) is 6.07 Å². The van der Waals surface area contributed by atoms with Gasteiger partial charge in [0.1, 0.15) is 11.6 Å². The lowest BCUT2D eigenvalue weighted by molar-refractivity contribution is 0.407. The summed E-state index contributed by atoms with van der Waals surface area (Å²) in [5.41, 5.74) is 2.29. The number of anilines is 3. The van der Waals surface area contributed by atoms with Gasteiger partial charge in [-0.05, 0) is 44.4 Å². The molecule has 2 atom stereocenters. The van der Waals surface area contributed by atoms with Gasteiger partial charge in [0.05, 0.1) is 16.8 Å². The van der Waals surface area contributed by atoms with E-state index in [0.29, 0.717) is 29.0 Å². The molecule has 0 unspecified atom stereocenters. The number of hydrogen-bond acceptors (Lipinski definition) is 5. The molecule has 0 spiro atoms. The van der Waals surface area contributed by atoms with E-state index in [4.69, 9.17) is 0 Å². The number of fused-ring (bicyclic) bond motifs is 2. The predicted octanol–water partition coefficient (Wildman–Crippen LogP) is 4.40. The number of aryl methyl sites for hydroxylation is 1. The Morgan fingerprint density at radius 2 is 1.84 bits per heavy atom. The Balaban J connectivity index is 1.53. The smallest absolute Gasteiger partial charge is 0.173 e. The van der Waals surface area contributed by atoms with E-state index in [-0.39, 0.29) is 11.5 Å². The topological polar surface area (TPSA) is 57.5 Å². The van der Waals surface area contributed by atoms with Crippen LogP contribution in [0.3, 0.4) is 0 Å². The van der Waals surface area contributed by atoms with Gasteiger partial charge in [-0.25, -0.2) is 18.7 Å². The van der Waals surface area contributed by atoms with Gasteiger partial charge in [-0.15, -0.1) is 0 Å². The number of hydrogen-bond donors (Lipinski definition) is 2. The van der Waals surface area contributed by atoms with E-state index in [2.05, 4.69) is 39.3 Å². The van der Waals surface area contributed by atoms with Crippen LogP contribution in [-0.2, 0) is 0 Å². The molecule has 31 heavy (non-hydrogen) atoms. The van der Waals surface area contributed by atoms with Gasteiger partial charge < -0.3 is 19.9 Å². The van der Waals surface area contributed by atoms with Gasteiger partial charge >= 0.3 is 0 Å². The van der Waals surface area contributed by atoms with Crippen molar-refractivity contribution in [3.8, 4) is 0 Å². The Hall–Kier alpha value is -3.26. The van der Waals surface area contributed by atoms with Crippen LogP contribution in [-0.4, -0.2) is 39.5 Å². The van der Waals surface area contributed by atoms with Crippen molar-refractivity contribution in [3.63, 3.8) is 0 Å². The second kappa shape index (κ2) is 7.46. The minimum absolute atomic E-state index is 0.254. The summed E-state index contributed by atoms with van der Waals surface area (Å²) in [5, 5.41) is 7.69. The molecule has 160 valence electrons. The zero-order valence-electron chi connectivity index (χ0n) is 17.7. The van der Waals surface area contributed by atoms with Gasteiger partial charge in [0.2, 0.25) is 0 Å².